The maximum Gasteiger partial charge on any atom is 0.327 e. The lowest BCUT2D eigenvalue weighted by molar-refractivity contribution is -0.140. The first kappa shape index (κ1) is 15.7. The van der Waals surface area contributed by atoms with Crippen molar-refractivity contribution in [2.75, 3.05) is 18.7 Å². The SMILES string of the molecule is COc1cc(I)c(Cl)cc1C(=O)N1CSCC1C(=O)O. The van der Waals surface area contributed by atoms with E-state index in [2.05, 4.69) is 0 Å². The van der Waals surface area contributed by atoms with Gasteiger partial charge in [-0.15, -0.1) is 11.8 Å². The Hall–Kier alpha value is -0.670. The Bertz CT molecular complexity index is 569. The molecule has 0 aliphatic carbocycles. The molecule has 1 unspecified atom stereocenters. The summed E-state index contributed by atoms with van der Waals surface area (Å²) >= 11 is 9.49. The summed E-state index contributed by atoms with van der Waals surface area (Å²) in [7, 11) is 1.46. The fourth-order valence-electron chi connectivity index (χ4n) is 1.87. The van der Waals surface area contributed by atoms with Crippen LogP contribution in [0.25, 0.3) is 0 Å². The molecule has 8 heteroatoms. The first-order valence-corrected chi connectivity index (χ1v) is 8.21. The predicted molar refractivity (Wildman–Crippen MR) is 85.6 cm³/mol. The number of halogens is 2. The van der Waals surface area contributed by atoms with Gasteiger partial charge in [0.1, 0.15) is 11.8 Å². The Morgan fingerprint density at radius 3 is 2.85 bits per heavy atom. The van der Waals surface area contributed by atoms with Crippen molar-refractivity contribution < 1.29 is 19.4 Å². The van der Waals surface area contributed by atoms with Gasteiger partial charge < -0.3 is 14.7 Å². The van der Waals surface area contributed by atoms with Crippen molar-refractivity contribution in [1.29, 1.82) is 0 Å². The number of thioether (sulfide) groups is 1. The van der Waals surface area contributed by atoms with Crippen LogP contribution in [0.1, 0.15) is 10.4 Å². The van der Waals surface area contributed by atoms with Crippen LogP contribution < -0.4 is 4.74 Å². The van der Waals surface area contributed by atoms with Gasteiger partial charge in [0.15, 0.2) is 0 Å². The number of nitrogens with zero attached hydrogens (tertiary/aromatic N) is 1. The first-order chi connectivity index (χ1) is 9.45. The minimum Gasteiger partial charge on any atom is -0.496 e. The second-order valence-electron chi connectivity index (χ2n) is 4.10. The Balaban J connectivity index is 2.38. The Morgan fingerprint density at radius 1 is 1.55 bits per heavy atom. The van der Waals surface area contributed by atoms with Crippen LogP contribution in [-0.2, 0) is 4.79 Å². The maximum absolute atomic E-state index is 12.5. The minimum absolute atomic E-state index is 0.284. The van der Waals surface area contributed by atoms with Gasteiger partial charge in [0.25, 0.3) is 5.91 Å². The smallest absolute Gasteiger partial charge is 0.327 e. The zero-order valence-electron chi connectivity index (χ0n) is 10.4. The number of ether oxygens (including phenoxy) is 1. The molecule has 1 aliphatic heterocycles. The van der Waals surface area contributed by atoms with Crippen molar-refractivity contribution in [2.45, 2.75) is 6.04 Å². The van der Waals surface area contributed by atoms with E-state index < -0.39 is 12.0 Å². The summed E-state index contributed by atoms with van der Waals surface area (Å²) in [5.74, 6) is -0.245. The van der Waals surface area contributed by atoms with E-state index in [-0.39, 0.29) is 11.5 Å². The molecule has 1 heterocycles. The molecule has 1 aromatic rings. The molecule has 1 fully saturated rings. The van der Waals surface area contributed by atoms with E-state index in [0.29, 0.717) is 22.4 Å². The number of carbonyl (C=O) groups is 2. The van der Waals surface area contributed by atoms with Gasteiger partial charge >= 0.3 is 5.97 Å². The van der Waals surface area contributed by atoms with Crippen LogP contribution in [0.15, 0.2) is 12.1 Å². The first-order valence-electron chi connectivity index (χ1n) is 5.60. The Labute approximate surface area is 138 Å². The Morgan fingerprint density at radius 2 is 2.25 bits per heavy atom. The lowest BCUT2D eigenvalue weighted by Gasteiger charge is -2.21. The average Bonchev–Trinajstić information content (AvgIpc) is 2.90. The number of aliphatic carboxylic acids is 1. The number of methoxy groups -OCH3 is 1. The van der Waals surface area contributed by atoms with Crippen LogP contribution >= 0.6 is 46.0 Å². The maximum atomic E-state index is 12.5. The molecule has 1 saturated heterocycles. The van der Waals surface area contributed by atoms with Crippen molar-refractivity contribution in [2.24, 2.45) is 0 Å². The van der Waals surface area contributed by atoms with Gasteiger partial charge in [-0.2, -0.15) is 0 Å². The predicted octanol–water partition coefficient (Wildman–Crippen LogP) is 2.55. The van der Waals surface area contributed by atoms with Gasteiger partial charge in [0.2, 0.25) is 0 Å². The van der Waals surface area contributed by atoms with E-state index in [9.17, 15) is 9.59 Å². The van der Waals surface area contributed by atoms with E-state index in [1.54, 1.807) is 6.07 Å². The molecule has 1 N–H and O–H groups in total. The van der Waals surface area contributed by atoms with E-state index in [1.807, 2.05) is 22.6 Å². The number of carboxylic acid groups (broad SMARTS) is 1. The van der Waals surface area contributed by atoms with Gasteiger partial charge in [-0.3, -0.25) is 4.79 Å². The largest absolute Gasteiger partial charge is 0.496 e. The zero-order valence-corrected chi connectivity index (χ0v) is 14.2. The quantitative estimate of drug-likeness (QED) is 0.751. The van der Waals surface area contributed by atoms with Crippen molar-refractivity contribution in [3.63, 3.8) is 0 Å². The van der Waals surface area contributed by atoms with Gasteiger partial charge in [0.05, 0.1) is 23.6 Å². The molecule has 5 nitrogen and oxygen atoms in total. The molecule has 1 amide bonds. The van der Waals surface area contributed by atoms with Gasteiger partial charge in [-0.1, -0.05) is 11.6 Å². The highest BCUT2D eigenvalue weighted by Gasteiger charge is 2.36. The van der Waals surface area contributed by atoms with E-state index in [0.717, 1.165) is 3.57 Å². The zero-order chi connectivity index (χ0) is 14.9. The molecule has 0 radical (unpaired) electrons. The van der Waals surface area contributed by atoms with Crippen molar-refractivity contribution in [1.82, 2.24) is 4.90 Å². The molecule has 1 atom stereocenters. The molecule has 108 valence electrons. The molecule has 20 heavy (non-hydrogen) atoms. The lowest BCUT2D eigenvalue weighted by Crippen LogP contribution is -2.41. The third-order valence-electron chi connectivity index (χ3n) is 2.90. The van der Waals surface area contributed by atoms with Crippen molar-refractivity contribution in [3.8, 4) is 5.75 Å². The topological polar surface area (TPSA) is 66.8 Å². The molecule has 1 aliphatic rings. The number of hydrogen-bond donors (Lipinski definition) is 1. The monoisotopic (exact) mass is 427 g/mol. The molecule has 0 saturated carbocycles. The molecule has 1 aromatic carbocycles. The van der Waals surface area contributed by atoms with Crippen molar-refractivity contribution >= 4 is 57.8 Å². The summed E-state index contributed by atoms with van der Waals surface area (Å²) in [6.45, 7) is 0. The fourth-order valence-corrected chi connectivity index (χ4v) is 3.61. The van der Waals surface area contributed by atoms with Crippen LogP contribution in [-0.4, -0.2) is 46.7 Å². The highest BCUT2D eigenvalue weighted by atomic mass is 127. The molecule has 0 bridgehead atoms. The van der Waals surface area contributed by atoms with Crippen molar-refractivity contribution in [3.05, 3.63) is 26.3 Å². The number of amides is 1. The highest BCUT2D eigenvalue weighted by Crippen LogP contribution is 2.31. The number of hydrogen-bond acceptors (Lipinski definition) is 4. The highest BCUT2D eigenvalue weighted by molar-refractivity contribution is 14.1. The summed E-state index contributed by atoms with van der Waals surface area (Å²) < 4.78 is 5.96. The van der Waals surface area contributed by atoms with Crippen LogP contribution in [0, 0.1) is 3.57 Å². The summed E-state index contributed by atoms with van der Waals surface area (Å²) in [6, 6.07) is 2.37. The summed E-state index contributed by atoms with van der Waals surface area (Å²) in [5, 5.41) is 9.58. The minimum atomic E-state index is -1.00. The number of carbonyl (C=O) groups excluding carboxylic acids is 1. The average molecular weight is 428 g/mol. The molecule has 0 aromatic heterocycles. The lowest BCUT2D eigenvalue weighted by atomic mass is 10.1. The standard InChI is InChI=1S/C12H11ClINO4S/c1-19-10-3-8(14)7(13)2-6(10)11(16)15-5-20-4-9(15)12(17)18/h2-3,9H,4-5H2,1H3,(H,17,18). The molecular weight excluding hydrogens is 417 g/mol. The number of rotatable bonds is 3. The second kappa shape index (κ2) is 6.40. The van der Waals surface area contributed by atoms with Gasteiger partial charge in [-0.05, 0) is 34.7 Å². The fraction of sp³-hybridized carbons (Fsp3) is 0.333. The van der Waals surface area contributed by atoms with E-state index in [4.69, 9.17) is 21.4 Å². The summed E-state index contributed by atoms with van der Waals surface area (Å²) in [4.78, 5) is 25.0. The van der Waals surface area contributed by atoms with Crippen LogP contribution in [0.2, 0.25) is 5.02 Å². The van der Waals surface area contributed by atoms with E-state index in [1.165, 1.54) is 29.8 Å². The summed E-state index contributed by atoms with van der Waals surface area (Å²) in [6.07, 6.45) is 0. The normalized spacial score (nSPS) is 18.1. The van der Waals surface area contributed by atoms with Gasteiger partial charge in [-0.25, -0.2) is 4.79 Å². The number of carboxylic acids is 1. The molecular formula is C12H11ClINO4S. The van der Waals surface area contributed by atoms with E-state index >= 15 is 0 Å². The third kappa shape index (κ3) is 2.99. The van der Waals surface area contributed by atoms with Crippen LogP contribution in [0.5, 0.6) is 5.75 Å². The molecule has 2 rings (SSSR count). The second-order valence-corrected chi connectivity index (χ2v) is 6.66. The van der Waals surface area contributed by atoms with Gasteiger partial charge in [0, 0.05) is 9.32 Å². The molecule has 0 spiro atoms. The Kier molecular flexibility index (Phi) is 5.03. The van der Waals surface area contributed by atoms with Crippen LogP contribution in [0.4, 0.5) is 0 Å². The summed E-state index contributed by atoms with van der Waals surface area (Å²) in [5.41, 5.74) is 0.284. The number of benzene rings is 1. The van der Waals surface area contributed by atoms with Crippen LogP contribution in [0.3, 0.4) is 0 Å². The third-order valence-corrected chi connectivity index (χ3v) is 5.44.